The number of nitrogens with zero attached hydrogens (tertiary/aromatic N) is 1. The molecule has 3 aromatic carbocycles. The quantitative estimate of drug-likeness (QED) is 0.341. The van der Waals surface area contributed by atoms with E-state index in [1.165, 1.54) is 12.1 Å². The van der Waals surface area contributed by atoms with Crippen LogP contribution in [0.25, 0.3) is 22.4 Å². The van der Waals surface area contributed by atoms with Crippen molar-refractivity contribution >= 4 is 12.6 Å². The van der Waals surface area contributed by atoms with Crippen LogP contribution in [0.5, 0.6) is 23.0 Å². The summed E-state index contributed by atoms with van der Waals surface area (Å²) < 4.78 is 10.8. The maximum atomic E-state index is 10.9. The zero-order valence-electron chi connectivity index (χ0n) is 19.3. The van der Waals surface area contributed by atoms with Gasteiger partial charge in [-0.2, -0.15) is 0 Å². The highest BCUT2D eigenvalue weighted by Gasteiger charge is 2.10. The first-order valence-corrected chi connectivity index (χ1v) is 10.8. The van der Waals surface area contributed by atoms with E-state index in [9.17, 15) is 19.8 Å². The number of aldehydes is 2. The van der Waals surface area contributed by atoms with Crippen LogP contribution in [0.2, 0.25) is 0 Å². The van der Waals surface area contributed by atoms with Crippen molar-refractivity contribution in [2.45, 2.75) is 6.92 Å². The predicted octanol–water partition coefficient (Wildman–Crippen LogP) is 5.55. The average molecular weight is 472 g/mol. The van der Waals surface area contributed by atoms with E-state index in [1.54, 1.807) is 37.6 Å². The minimum absolute atomic E-state index is 0.00955. The highest BCUT2D eigenvalue weighted by molar-refractivity contribution is 5.84. The Morgan fingerprint density at radius 2 is 1.49 bits per heavy atom. The molecule has 0 radical (unpaired) electrons. The molecule has 0 atom stereocenters. The van der Waals surface area contributed by atoms with Crippen LogP contribution in [0.3, 0.4) is 0 Å². The molecule has 0 aliphatic rings. The molecule has 0 amide bonds. The van der Waals surface area contributed by atoms with Crippen LogP contribution < -0.4 is 9.47 Å². The summed E-state index contributed by atoms with van der Waals surface area (Å²) in [4.78, 5) is 25.7. The molecule has 0 aliphatic heterocycles. The van der Waals surface area contributed by atoms with E-state index in [-0.39, 0.29) is 22.6 Å². The number of aromatic nitrogens is 1. The number of methoxy groups -OCH3 is 1. The van der Waals surface area contributed by atoms with E-state index in [0.29, 0.717) is 30.7 Å². The monoisotopic (exact) mass is 471 g/mol. The molecule has 35 heavy (non-hydrogen) atoms. The standard InChI is InChI=1S/C16H16O4.C12H9NO2/c1-3-20-16-7-5-13(19-2)9-14(16)11-4-6-15(18)12(8-11)10-17;14-8-10-7-9(4-5-12(10)15)11-3-1-2-6-13-11/h4-10,18H,3H2,1-2H3;1-8,15H. The van der Waals surface area contributed by atoms with Crippen molar-refractivity contribution in [3.63, 3.8) is 0 Å². The maximum Gasteiger partial charge on any atom is 0.153 e. The van der Waals surface area contributed by atoms with Crippen molar-refractivity contribution < 1.29 is 29.3 Å². The van der Waals surface area contributed by atoms with Gasteiger partial charge in [0.25, 0.3) is 0 Å². The molecule has 0 saturated carbocycles. The molecule has 0 spiro atoms. The SMILES string of the molecule is CCOc1ccc(OC)cc1-c1ccc(O)c(C=O)c1.O=Cc1cc(-c2ccccn2)ccc1O. The Hall–Kier alpha value is -4.65. The van der Waals surface area contributed by atoms with Crippen LogP contribution in [0.1, 0.15) is 27.6 Å². The van der Waals surface area contributed by atoms with E-state index in [2.05, 4.69) is 4.98 Å². The predicted molar refractivity (Wildman–Crippen MR) is 133 cm³/mol. The van der Waals surface area contributed by atoms with E-state index >= 15 is 0 Å². The lowest BCUT2D eigenvalue weighted by atomic mass is 10.0. The lowest BCUT2D eigenvalue weighted by Gasteiger charge is -2.12. The molecule has 0 fully saturated rings. The lowest BCUT2D eigenvalue weighted by molar-refractivity contribution is 0.111. The second-order valence-electron chi connectivity index (χ2n) is 7.29. The zero-order valence-corrected chi connectivity index (χ0v) is 19.3. The van der Waals surface area contributed by atoms with Crippen LogP contribution in [0.4, 0.5) is 0 Å². The number of hydrogen-bond donors (Lipinski definition) is 2. The van der Waals surface area contributed by atoms with Gasteiger partial charge >= 0.3 is 0 Å². The van der Waals surface area contributed by atoms with Crippen LogP contribution in [0, 0.1) is 0 Å². The molecule has 1 heterocycles. The van der Waals surface area contributed by atoms with Crippen LogP contribution in [-0.2, 0) is 0 Å². The first-order chi connectivity index (χ1) is 17.0. The Morgan fingerprint density at radius 3 is 2.06 bits per heavy atom. The Balaban J connectivity index is 0.000000203. The number of benzene rings is 3. The molecular weight excluding hydrogens is 446 g/mol. The maximum absolute atomic E-state index is 10.9. The van der Waals surface area contributed by atoms with E-state index in [0.717, 1.165) is 22.4 Å². The van der Waals surface area contributed by atoms with Gasteiger partial charge in [0.2, 0.25) is 0 Å². The van der Waals surface area contributed by atoms with Gasteiger partial charge in [-0.25, -0.2) is 0 Å². The largest absolute Gasteiger partial charge is 0.507 e. The van der Waals surface area contributed by atoms with Gasteiger partial charge in [-0.3, -0.25) is 14.6 Å². The van der Waals surface area contributed by atoms with E-state index in [4.69, 9.17) is 9.47 Å². The summed E-state index contributed by atoms with van der Waals surface area (Å²) in [6.45, 7) is 2.44. The Kier molecular flexibility index (Phi) is 8.56. The van der Waals surface area contributed by atoms with Gasteiger partial charge < -0.3 is 19.7 Å². The molecule has 0 unspecified atom stereocenters. The number of ether oxygens (including phenoxy) is 2. The molecule has 178 valence electrons. The minimum Gasteiger partial charge on any atom is -0.507 e. The number of phenols is 2. The first-order valence-electron chi connectivity index (χ1n) is 10.8. The third-order valence-electron chi connectivity index (χ3n) is 5.07. The third-order valence-corrected chi connectivity index (χ3v) is 5.07. The number of carbonyl (C=O) groups excluding carboxylic acids is 2. The van der Waals surface area contributed by atoms with E-state index in [1.807, 2.05) is 43.3 Å². The summed E-state index contributed by atoms with van der Waals surface area (Å²) >= 11 is 0. The van der Waals surface area contributed by atoms with Gasteiger partial charge in [-0.05, 0) is 73.2 Å². The third kappa shape index (κ3) is 6.23. The number of rotatable bonds is 7. The Morgan fingerprint density at radius 1 is 0.829 bits per heavy atom. The first kappa shape index (κ1) is 25.0. The zero-order chi connectivity index (χ0) is 25.2. The summed E-state index contributed by atoms with van der Waals surface area (Å²) in [6.07, 6.45) is 2.93. The number of hydrogen-bond acceptors (Lipinski definition) is 7. The molecular formula is C28H25NO6. The summed E-state index contributed by atoms with van der Waals surface area (Å²) in [6, 6.07) is 20.7. The van der Waals surface area contributed by atoms with Gasteiger partial charge in [0.05, 0.1) is 30.5 Å². The highest BCUT2D eigenvalue weighted by Crippen LogP contribution is 2.35. The lowest BCUT2D eigenvalue weighted by Crippen LogP contribution is -1.95. The number of pyridine rings is 1. The topological polar surface area (TPSA) is 106 Å². The average Bonchev–Trinajstić information content (AvgIpc) is 2.90. The van der Waals surface area contributed by atoms with Crippen LogP contribution in [0.15, 0.2) is 79.0 Å². The molecule has 4 aromatic rings. The van der Waals surface area contributed by atoms with Crippen LogP contribution >= 0.6 is 0 Å². The second-order valence-corrected chi connectivity index (χ2v) is 7.29. The van der Waals surface area contributed by atoms with Gasteiger partial charge in [0, 0.05) is 17.3 Å². The molecule has 0 saturated heterocycles. The molecule has 1 aromatic heterocycles. The summed E-state index contributed by atoms with van der Waals surface area (Å²) in [5.41, 5.74) is 3.71. The summed E-state index contributed by atoms with van der Waals surface area (Å²) in [5, 5.41) is 18.9. The minimum atomic E-state index is -0.0374. The summed E-state index contributed by atoms with van der Waals surface area (Å²) in [7, 11) is 1.59. The Labute approximate surface area is 203 Å². The molecule has 2 N–H and O–H groups in total. The van der Waals surface area contributed by atoms with Crippen molar-refractivity contribution in [2.75, 3.05) is 13.7 Å². The fraction of sp³-hybridized carbons (Fsp3) is 0.107. The van der Waals surface area contributed by atoms with Gasteiger partial charge in [0.15, 0.2) is 12.6 Å². The normalized spacial score (nSPS) is 10.0. The van der Waals surface area contributed by atoms with Crippen molar-refractivity contribution in [3.05, 3.63) is 90.1 Å². The Bertz CT molecular complexity index is 1300. The van der Waals surface area contributed by atoms with Crippen molar-refractivity contribution in [3.8, 4) is 45.4 Å². The van der Waals surface area contributed by atoms with Crippen molar-refractivity contribution in [1.82, 2.24) is 4.98 Å². The molecule has 0 bridgehead atoms. The molecule has 0 aliphatic carbocycles. The molecule has 7 heteroatoms. The van der Waals surface area contributed by atoms with Gasteiger partial charge in [-0.1, -0.05) is 12.1 Å². The number of aromatic hydroxyl groups is 2. The smallest absolute Gasteiger partial charge is 0.153 e. The molecule has 7 nitrogen and oxygen atoms in total. The van der Waals surface area contributed by atoms with Crippen molar-refractivity contribution in [1.29, 1.82) is 0 Å². The van der Waals surface area contributed by atoms with Gasteiger partial charge in [-0.15, -0.1) is 0 Å². The molecule has 4 rings (SSSR count). The fourth-order valence-corrected chi connectivity index (χ4v) is 3.30. The van der Waals surface area contributed by atoms with Crippen molar-refractivity contribution in [2.24, 2.45) is 0 Å². The number of carbonyl (C=O) groups is 2. The number of phenolic OH excluding ortho intramolecular Hbond substituents is 2. The van der Waals surface area contributed by atoms with Crippen LogP contribution in [-0.4, -0.2) is 41.5 Å². The summed E-state index contributed by atoms with van der Waals surface area (Å²) in [5.74, 6) is 1.36. The highest BCUT2D eigenvalue weighted by atomic mass is 16.5. The van der Waals surface area contributed by atoms with Gasteiger partial charge in [0.1, 0.15) is 23.0 Å². The van der Waals surface area contributed by atoms with E-state index < -0.39 is 0 Å². The second kappa shape index (κ2) is 12.0. The fourth-order valence-electron chi connectivity index (χ4n) is 3.30.